The first-order valence-electron chi connectivity index (χ1n) is 13.4. The molecule has 2 aromatic rings. The molecular weight excluding hydrogens is 523 g/mol. The van der Waals surface area contributed by atoms with Crippen molar-refractivity contribution in [3.05, 3.63) is 53.5 Å². The number of alkyl halides is 3. The van der Waals surface area contributed by atoms with E-state index < -0.39 is 11.9 Å². The van der Waals surface area contributed by atoms with Crippen molar-refractivity contribution in [3.63, 3.8) is 0 Å². The lowest BCUT2D eigenvalue weighted by molar-refractivity contribution is -0.140. The van der Waals surface area contributed by atoms with Crippen LogP contribution in [0.4, 0.5) is 24.5 Å². The second kappa shape index (κ2) is 11.3. The average Bonchev–Trinajstić information content (AvgIpc) is 3.38. The van der Waals surface area contributed by atoms with Crippen molar-refractivity contribution >= 4 is 17.3 Å². The molecule has 2 aromatic heterocycles. The van der Waals surface area contributed by atoms with Gasteiger partial charge in [-0.25, -0.2) is 9.97 Å². The van der Waals surface area contributed by atoms with Crippen molar-refractivity contribution in [2.75, 3.05) is 62.7 Å². The summed E-state index contributed by atoms with van der Waals surface area (Å²) in [6.07, 6.45) is 0.278. The molecular formula is C28H32F3N7O2. The highest BCUT2D eigenvalue weighted by molar-refractivity contribution is 5.87. The molecule has 0 bridgehead atoms. The van der Waals surface area contributed by atoms with Gasteiger partial charge in [-0.15, -0.1) is 0 Å². The van der Waals surface area contributed by atoms with Crippen molar-refractivity contribution in [1.29, 1.82) is 5.26 Å². The Morgan fingerprint density at radius 3 is 2.65 bits per heavy atom. The summed E-state index contributed by atoms with van der Waals surface area (Å²) in [6, 6.07) is 5.42. The lowest BCUT2D eigenvalue weighted by atomic mass is 9.97. The van der Waals surface area contributed by atoms with Crippen LogP contribution in [0.1, 0.15) is 35.4 Å². The van der Waals surface area contributed by atoms with E-state index in [1.165, 1.54) is 18.2 Å². The number of piperazine rings is 1. The first-order valence-corrected chi connectivity index (χ1v) is 13.4. The third-order valence-electron chi connectivity index (χ3n) is 7.97. The zero-order chi connectivity index (χ0) is 28.4. The first-order chi connectivity index (χ1) is 19.2. The van der Waals surface area contributed by atoms with Crippen molar-refractivity contribution in [2.45, 2.75) is 38.0 Å². The van der Waals surface area contributed by atoms with Crippen LogP contribution in [-0.2, 0) is 23.9 Å². The van der Waals surface area contributed by atoms with Crippen LogP contribution in [-0.4, -0.2) is 84.6 Å². The Labute approximate surface area is 231 Å². The minimum Gasteiger partial charge on any atom is -0.475 e. The standard InChI is InChI=1S/C28H32F3N7O2/c1-3-24(39)36-12-14-37(15-13-36)25-20-8-11-38(23-7-4-9-33-26(23)28(29,30)31)17-22(20)34-27(21(25)16-32)40-18-19-6-5-10-35(19)2/h3-4,7,9,19H,1,5-6,8,10-15,17-18H2,2H3. The average molecular weight is 556 g/mol. The number of hydrogen-bond acceptors (Lipinski definition) is 8. The van der Waals surface area contributed by atoms with E-state index in [1.807, 2.05) is 7.05 Å². The van der Waals surface area contributed by atoms with E-state index in [2.05, 4.69) is 27.4 Å². The Morgan fingerprint density at radius 2 is 2.00 bits per heavy atom. The molecule has 0 aromatic carbocycles. The molecule has 5 heterocycles. The number of rotatable bonds is 6. The van der Waals surface area contributed by atoms with Crippen LogP contribution >= 0.6 is 0 Å². The predicted molar refractivity (Wildman–Crippen MR) is 143 cm³/mol. The van der Waals surface area contributed by atoms with Crippen LogP contribution in [0, 0.1) is 11.3 Å². The van der Waals surface area contributed by atoms with Gasteiger partial charge < -0.3 is 24.3 Å². The summed E-state index contributed by atoms with van der Waals surface area (Å²) in [5.74, 6) is 0.0550. The molecule has 0 radical (unpaired) electrons. The van der Waals surface area contributed by atoms with Crippen LogP contribution in [0.2, 0.25) is 0 Å². The van der Waals surface area contributed by atoms with Gasteiger partial charge in [-0.1, -0.05) is 6.58 Å². The molecule has 2 fully saturated rings. The maximum absolute atomic E-state index is 13.8. The van der Waals surface area contributed by atoms with Gasteiger partial charge >= 0.3 is 6.18 Å². The first kappa shape index (κ1) is 27.7. The fraction of sp³-hybridized carbons (Fsp3) is 0.500. The van der Waals surface area contributed by atoms with E-state index in [9.17, 15) is 23.2 Å². The molecule has 1 unspecified atom stereocenters. The molecule has 0 saturated carbocycles. The van der Waals surface area contributed by atoms with Gasteiger partial charge in [0.25, 0.3) is 0 Å². The number of nitriles is 1. The normalized spacial score (nSPS) is 19.8. The number of pyridine rings is 2. The number of fused-ring (bicyclic) bond motifs is 1. The molecule has 0 N–H and O–H groups in total. The second-order valence-electron chi connectivity index (χ2n) is 10.3. The Bertz CT molecular complexity index is 1320. The summed E-state index contributed by atoms with van der Waals surface area (Å²) < 4.78 is 47.5. The van der Waals surface area contributed by atoms with Crippen LogP contribution in [0.5, 0.6) is 5.88 Å². The molecule has 2 saturated heterocycles. The summed E-state index contributed by atoms with van der Waals surface area (Å²) in [6.45, 7) is 7.26. The molecule has 1 amide bonds. The topological polar surface area (TPSA) is 88.8 Å². The van der Waals surface area contributed by atoms with E-state index in [4.69, 9.17) is 9.72 Å². The lowest BCUT2D eigenvalue weighted by Gasteiger charge is -2.39. The van der Waals surface area contributed by atoms with Crippen LogP contribution < -0.4 is 14.5 Å². The number of anilines is 2. The summed E-state index contributed by atoms with van der Waals surface area (Å²) >= 11 is 0. The van der Waals surface area contributed by atoms with Gasteiger partial charge in [-0.05, 0) is 51.1 Å². The number of aromatic nitrogens is 2. The van der Waals surface area contributed by atoms with Gasteiger partial charge in [0.05, 0.1) is 23.6 Å². The highest BCUT2D eigenvalue weighted by Crippen LogP contribution is 2.40. The van der Waals surface area contributed by atoms with Crippen molar-refractivity contribution in [2.24, 2.45) is 0 Å². The summed E-state index contributed by atoms with van der Waals surface area (Å²) in [4.78, 5) is 28.1. The Balaban J connectivity index is 1.51. The van der Waals surface area contributed by atoms with E-state index in [-0.39, 0.29) is 30.1 Å². The number of halogens is 3. The van der Waals surface area contributed by atoms with Crippen molar-refractivity contribution < 1.29 is 22.7 Å². The van der Waals surface area contributed by atoms with E-state index in [1.54, 1.807) is 9.80 Å². The SMILES string of the molecule is C=CC(=O)N1CCN(c2c(C#N)c(OCC3CCCN3C)nc3c2CCN(c2cccnc2C(F)(F)F)C3)CC1. The molecule has 0 spiro atoms. The molecule has 40 heavy (non-hydrogen) atoms. The molecule has 212 valence electrons. The molecule has 12 heteroatoms. The quantitative estimate of drug-likeness (QED) is 0.502. The van der Waals surface area contributed by atoms with Gasteiger partial charge in [0, 0.05) is 50.5 Å². The minimum atomic E-state index is -4.59. The van der Waals surface area contributed by atoms with Gasteiger partial charge in [0.2, 0.25) is 11.8 Å². The molecule has 1 atom stereocenters. The Kier molecular flexibility index (Phi) is 7.85. The maximum Gasteiger partial charge on any atom is 0.435 e. The van der Waals surface area contributed by atoms with Gasteiger partial charge in [0.15, 0.2) is 5.69 Å². The Hall–Kier alpha value is -3.85. The minimum absolute atomic E-state index is 0.0000368. The third kappa shape index (κ3) is 5.43. The largest absolute Gasteiger partial charge is 0.475 e. The van der Waals surface area contributed by atoms with Crippen LogP contribution in [0.25, 0.3) is 0 Å². The molecule has 9 nitrogen and oxygen atoms in total. The highest BCUT2D eigenvalue weighted by Gasteiger charge is 2.38. The number of ether oxygens (including phenoxy) is 1. The summed E-state index contributed by atoms with van der Waals surface area (Å²) in [7, 11) is 2.03. The van der Waals surface area contributed by atoms with E-state index in [0.717, 1.165) is 31.1 Å². The number of carbonyl (C=O) groups is 1. The fourth-order valence-corrected chi connectivity index (χ4v) is 5.81. The number of carbonyl (C=O) groups excluding carboxylic acids is 1. The fourth-order valence-electron chi connectivity index (χ4n) is 5.81. The van der Waals surface area contributed by atoms with Crippen LogP contribution in [0.3, 0.4) is 0 Å². The predicted octanol–water partition coefficient (Wildman–Crippen LogP) is 3.24. The maximum atomic E-state index is 13.8. The molecule has 0 aliphatic carbocycles. The summed E-state index contributed by atoms with van der Waals surface area (Å²) in [5, 5.41) is 10.3. The molecule has 5 rings (SSSR count). The number of hydrogen-bond donors (Lipinski definition) is 0. The lowest BCUT2D eigenvalue weighted by Crippen LogP contribution is -2.49. The van der Waals surface area contributed by atoms with E-state index in [0.29, 0.717) is 62.7 Å². The van der Waals surface area contributed by atoms with Gasteiger partial charge in [-0.2, -0.15) is 18.4 Å². The number of likely N-dealkylation sites (tertiary alicyclic amines) is 1. The molecule has 3 aliphatic heterocycles. The zero-order valence-corrected chi connectivity index (χ0v) is 22.5. The Morgan fingerprint density at radius 1 is 1.23 bits per heavy atom. The molecule has 3 aliphatic rings. The third-order valence-corrected chi connectivity index (χ3v) is 7.97. The second-order valence-corrected chi connectivity index (χ2v) is 10.3. The van der Waals surface area contributed by atoms with Gasteiger partial charge in [-0.3, -0.25) is 4.79 Å². The number of likely N-dealkylation sites (N-methyl/N-ethyl adjacent to an activating group) is 1. The van der Waals surface area contributed by atoms with Crippen molar-refractivity contribution in [3.8, 4) is 11.9 Å². The number of nitrogens with zero attached hydrogens (tertiary/aromatic N) is 7. The summed E-state index contributed by atoms with van der Waals surface area (Å²) in [5.41, 5.74) is 1.51. The monoisotopic (exact) mass is 555 g/mol. The van der Waals surface area contributed by atoms with Crippen molar-refractivity contribution in [1.82, 2.24) is 19.8 Å². The number of amides is 1. The zero-order valence-electron chi connectivity index (χ0n) is 22.5. The van der Waals surface area contributed by atoms with E-state index >= 15 is 0 Å². The highest BCUT2D eigenvalue weighted by atomic mass is 19.4. The smallest absolute Gasteiger partial charge is 0.435 e. The van der Waals surface area contributed by atoms with Crippen LogP contribution in [0.15, 0.2) is 31.0 Å². The van der Waals surface area contributed by atoms with Gasteiger partial charge in [0.1, 0.15) is 18.2 Å².